The number of rotatable bonds is 13. The number of ether oxygens (including phenoxy) is 1. The fraction of sp³-hybridized carbons (Fsp3) is 0.452. The van der Waals surface area contributed by atoms with Crippen LogP contribution in [0, 0.1) is 11.3 Å². The summed E-state index contributed by atoms with van der Waals surface area (Å²) in [5, 5.41) is 24.3. The van der Waals surface area contributed by atoms with Gasteiger partial charge in [-0.1, -0.05) is 12.1 Å². The van der Waals surface area contributed by atoms with E-state index in [0.29, 0.717) is 18.2 Å². The number of aliphatic hydroxyl groups is 1. The fourth-order valence-corrected chi connectivity index (χ4v) is 7.35. The van der Waals surface area contributed by atoms with Gasteiger partial charge >= 0.3 is 6.18 Å². The molecule has 0 aromatic heterocycles. The molecule has 14 nitrogen and oxygen atoms in total. The van der Waals surface area contributed by atoms with Crippen LogP contribution in [-0.2, 0) is 31.8 Å². The monoisotopic (exact) mass is 818 g/mol. The van der Waals surface area contributed by atoms with Crippen LogP contribution in [0.3, 0.4) is 0 Å². The average molecular weight is 819 g/mol. The van der Waals surface area contributed by atoms with Crippen molar-refractivity contribution in [3.05, 3.63) is 83.4 Å². The summed E-state index contributed by atoms with van der Waals surface area (Å²) in [6, 6.07) is 18.9. The predicted molar refractivity (Wildman–Crippen MR) is 214 cm³/mol. The van der Waals surface area contributed by atoms with Crippen molar-refractivity contribution in [3.63, 3.8) is 0 Å². The van der Waals surface area contributed by atoms with Crippen LogP contribution in [0.5, 0.6) is 5.75 Å². The van der Waals surface area contributed by atoms with Crippen LogP contribution in [0.25, 0.3) is 0 Å². The fourth-order valence-electron chi connectivity index (χ4n) is 7.35. The zero-order chi connectivity index (χ0) is 42.3. The van der Waals surface area contributed by atoms with Gasteiger partial charge in [-0.3, -0.25) is 34.3 Å². The number of anilines is 3. The molecule has 0 radical (unpaired) electrons. The van der Waals surface area contributed by atoms with Crippen LogP contribution >= 0.6 is 0 Å². The maximum atomic E-state index is 13.3. The predicted octanol–water partition coefficient (Wildman–Crippen LogP) is 3.10. The first kappa shape index (κ1) is 42.9. The van der Waals surface area contributed by atoms with Gasteiger partial charge in [0, 0.05) is 96.0 Å². The van der Waals surface area contributed by atoms with Crippen molar-refractivity contribution >= 4 is 40.7 Å². The molecule has 3 saturated heterocycles. The van der Waals surface area contributed by atoms with E-state index >= 15 is 0 Å². The smallest absolute Gasteiger partial charge is 0.417 e. The zero-order valence-electron chi connectivity index (χ0n) is 33.1. The molecule has 3 aliphatic heterocycles. The minimum absolute atomic E-state index is 0.166. The largest absolute Gasteiger partial charge is 0.490 e. The highest BCUT2D eigenvalue weighted by molar-refractivity contribution is 6.01. The summed E-state index contributed by atoms with van der Waals surface area (Å²) in [6.45, 7) is 9.94. The van der Waals surface area contributed by atoms with Gasteiger partial charge < -0.3 is 29.9 Å². The number of carbonyl (C=O) groups excluding carboxylic acids is 4. The summed E-state index contributed by atoms with van der Waals surface area (Å²) in [4.78, 5) is 60.2. The molecule has 59 heavy (non-hydrogen) atoms. The molecule has 3 fully saturated rings. The summed E-state index contributed by atoms with van der Waals surface area (Å²) in [7, 11) is 1.61. The Hall–Kier alpha value is -5.70. The minimum Gasteiger partial charge on any atom is -0.490 e. The standard InChI is InChI=1S/C42H49F3N8O6/c1-41(58,40(57)47-31-6-5-30(27-46)35(26-31)42(43,44)45)28-59-34-11-9-33(10-12-34)53-23-19-51(20-24-53)16-15-50-17-21-52(22-18-50)32-7-3-29(4-8-32)25-38(55)49(2)36-13-14-37(54)48-39(36)56/h3-12,26,36,58H,13-25,28H2,1-2H3,(H,47,57)(H,48,54,56). The number of halogens is 3. The Bertz CT molecular complexity index is 2020. The molecule has 3 aromatic rings. The van der Waals surface area contributed by atoms with Crippen molar-refractivity contribution in [2.24, 2.45) is 0 Å². The second-order valence-electron chi connectivity index (χ2n) is 15.4. The maximum Gasteiger partial charge on any atom is 0.417 e. The summed E-state index contributed by atoms with van der Waals surface area (Å²) >= 11 is 0. The lowest BCUT2D eigenvalue weighted by atomic mass is 10.0. The molecule has 3 aromatic carbocycles. The molecule has 3 N–H and O–H groups in total. The van der Waals surface area contributed by atoms with Crippen LogP contribution in [-0.4, -0.2) is 134 Å². The van der Waals surface area contributed by atoms with Crippen LogP contribution in [0.1, 0.15) is 36.5 Å². The molecule has 0 saturated carbocycles. The van der Waals surface area contributed by atoms with Crippen LogP contribution < -0.4 is 25.2 Å². The molecule has 3 aliphatic rings. The lowest BCUT2D eigenvalue weighted by Crippen LogP contribution is -2.53. The number of hydrogen-bond donors (Lipinski definition) is 3. The molecule has 0 bridgehead atoms. The normalized spacial score (nSPS) is 19.0. The number of benzene rings is 3. The van der Waals surface area contributed by atoms with Gasteiger partial charge in [-0.2, -0.15) is 18.4 Å². The quantitative estimate of drug-likeness (QED) is 0.218. The van der Waals surface area contributed by atoms with E-state index in [-0.39, 0.29) is 30.3 Å². The lowest BCUT2D eigenvalue weighted by Gasteiger charge is -2.39. The molecule has 2 unspecified atom stereocenters. The summed E-state index contributed by atoms with van der Waals surface area (Å²) in [6.07, 6.45) is -4.05. The van der Waals surface area contributed by atoms with Crippen molar-refractivity contribution < 1.29 is 42.2 Å². The lowest BCUT2D eigenvalue weighted by molar-refractivity contribution is -0.144. The highest BCUT2D eigenvalue weighted by Gasteiger charge is 2.36. The summed E-state index contributed by atoms with van der Waals surface area (Å²) in [5.74, 6) is -1.44. The molecular formula is C42H49F3N8O6. The van der Waals surface area contributed by atoms with Gasteiger partial charge in [0.2, 0.25) is 17.7 Å². The highest BCUT2D eigenvalue weighted by atomic mass is 19.4. The SMILES string of the molecule is CN(C(=O)Cc1ccc(N2CCN(CCN3CCN(c4ccc(OCC(C)(O)C(=O)Nc5ccc(C#N)c(C(F)(F)F)c5)cc4)CC3)CC2)cc1)C1CCC(=O)NC1=O. The van der Waals surface area contributed by atoms with Gasteiger partial charge in [-0.05, 0) is 73.5 Å². The molecule has 17 heteroatoms. The third kappa shape index (κ3) is 11.1. The number of hydrogen-bond acceptors (Lipinski definition) is 11. The molecule has 2 atom stereocenters. The number of nitrogens with one attached hydrogen (secondary N) is 2. The van der Waals surface area contributed by atoms with E-state index in [1.54, 1.807) is 19.2 Å². The number of alkyl halides is 3. The zero-order valence-corrected chi connectivity index (χ0v) is 33.1. The summed E-state index contributed by atoms with van der Waals surface area (Å²) < 4.78 is 45.7. The van der Waals surface area contributed by atoms with Crippen molar-refractivity contribution in [2.75, 3.05) is 94.2 Å². The molecule has 4 amide bonds. The molecule has 0 aliphatic carbocycles. The van der Waals surface area contributed by atoms with Crippen molar-refractivity contribution in [1.29, 1.82) is 5.26 Å². The van der Waals surface area contributed by atoms with Crippen molar-refractivity contribution in [3.8, 4) is 11.8 Å². The van der Waals surface area contributed by atoms with E-state index in [4.69, 9.17) is 10.00 Å². The Morgan fingerprint density at radius 2 is 1.46 bits per heavy atom. The highest BCUT2D eigenvalue weighted by Crippen LogP contribution is 2.34. The Morgan fingerprint density at radius 3 is 1.98 bits per heavy atom. The van der Waals surface area contributed by atoms with E-state index < -0.39 is 47.4 Å². The Kier molecular flexibility index (Phi) is 13.4. The van der Waals surface area contributed by atoms with Gasteiger partial charge in [0.15, 0.2) is 5.60 Å². The van der Waals surface area contributed by atoms with E-state index in [0.717, 1.165) is 94.5 Å². The van der Waals surface area contributed by atoms with Gasteiger partial charge in [0.05, 0.1) is 23.6 Å². The van der Waals surface area contributed by atoms with Crippen LogP contribution in [0.15, 0.2) is 66.7 Å². The number of imide groups is 1. The number of piperazine rings is 2. The second kappa shape index (κ2) is 18.5. The Morgan fingerprint density at radius 1 is 0.898 bits per heavy atom. The van der Waals surface area contributed by atoms with Crippen molar-refractivity contribution in [2.45, 2.75) is 44.0 Å². The second-order valence-corrected chi connectivity index (χ2v) is 15.4. The first-order valence-electron chi connectivity index (χ1n) is 19.6. The first-order chi connectivity index (χ1) is 28.1. The van der Waals surface area contributed by atoms with E-state index in [1.807, 2.05) is 36.4 Å². The van der Waals surface area contributed by atoms with Gasteiger partial charge in [0.1, 0.15) is 18.4 Å². The number of likely N-dealkylation sites (N-methyl/N-ethyl adjacent to an activating group) is 1. The Balaban J connectivity index is 0.875. The average Bonchev–Trinajstić information content (AvgIpc) is 3.22. The van der Waals surface area contributed by atoms with E-state index in [1.165, 1.54) is 17.9 Å². The number of carbonyl (C=O) groups is 4. The number of amides is 4. The summed E-state index contributed by atoms with van der Waals surface area (Å²) in [5.41, 5.74) is -1.04. The molecule has 6 rings (SSSR count). The molecule has 3 heterocycles. The first-order valence-corrected chi connectivity index (χ1v) is 19.6. The third-order valence-corrected chi connectivity index (χ3v) is 11.1. The van der Waals surface area contributed by atoms with Crippen molar-refractivity contribution in [1.82, 2.24) is 20.0 Å². The number of nitriles is 1. The van der Waals surface area contributed by atoms with E-state index in [9.17, 15) is 37.5 Å². The van der Waals surface area contributed by atoms with E-state index in [2.05, 4.69) is 30.2 Å². The van der Waals surface area contributed by atoms with Gasteiger partial charge in [0.25, 0.3) is 5.91 Å². The van der Waals surface area contributed by atoms with Crippen LogP contribution in [0.4, 0.5) is 30.2 Å². The van der Waals surface area contributed by atoms with Gasteiger partial charge in [-0.15, -0.1) is 0 Å². The number of nitrogens with zero attached hydrogens (tertiary/aromatic N) is 6. The molecule has 314 valence electrons. The maximum absolute atomic E-state index is 13.3. The Labute approximate surface area is 341 Å². The molecule has 0 spiro atoms. The molecular weight excluding hydrogens is 770 g/mol. The third-order valence-electron chi connectivity index (χ3n) is 11.1. The number of piperidine rings is 1. The topological polar surface area (TPSA) is 162 Å². The van der Waals surface area contributed by atoms with Gasteiger partial charge in [-0.25, -0.2) is 0 Å². The minimum atomic E-state index is -4.79. The van der Waals surface area contributed by atoms with Crippen LogP contribution in [0.2, 0.25) is 0 Å².